The van der Waals surface area contributed by atoms with Crippen molar-refractivity contribution in [1.29, 1.82) is 0 Å². The van der Waals surface area contributed by atoms with Crippen molar-refractivity contribution >= 4 is 11.4 Å². The van der Waals surface area contributed by atoms with Crippen LogP contribution in [0.2, 0.25) is 0 Å². The zero-order chi connectivity index (χ0) is 12.4. The van der Waals surface area contributed by atoms with Gasteiger partial charge in [0, 0.05) is 24.0 Å². The summed E-state index contributed by atoms with van der Waals surface area (Å²) in [6.45, 7) is 1.07. The highest BCUT2D eigenvalue weighted by Gasteiger charge is 2.17. The molecule has 0 fully saturated rings. The van der Waals surface area contributed by atoms with Crippen molar-refractivity contribution in [1.82, 2.24) is 0 Å². The van der Waals surface area contributed by atoms with Crippen molar-refractivity contribution in [3.05, 3.63) is 54.1 Å². The Hall–Kier alpha value is -1.96. The fourth-order valence-electron chi connectivity index (χ4n) is 2.58. The van der Waals surface area contributed by atoms with E-state index in [1.807, 2.05) is 12.1 Å². The SMILES string of the molecule is COc1cccc(N2CCCc3ccccc32)c1. The van der Waals surface area contributed by atoms with E-state index in [9.17, 15) is 0 Å². The zero-order valence-corrected chi connectivity index (χ0v) is 10.6. The molecule has 1 aliphatic rings. The van der Waals surface area contributed by atoms with Crippen molar-refractivity contribution < 1.29 is 4.74 Å². The Morgan fingerprint density at radius 2 is 1.94 bits per heavy atom. The van der Waals surface area contributed by atoms with E-state index < -0.39 is 0 Å². The van der Waals surface area contributed by atoms with Crippen LogP contribution >= 0.6 is 0 Å². The van der Waals surface area contributed by atoms with Gasteiger partial charge < -0.3 is 9.64 Å². The van der Waals surface area contributed by atoms with Gasteiger partial charge in [-0.05, 0) is 36.6 Å². The summed E-state index contributed by atoms with van der Waals surface area (Å²) in [4.78, 5) is 2.38. The lowest BCUT2D eigenvalue weighted by Crippen LogP contribution is -2.24. The molecule has 0 bridgehead atoms. The zero-order valence-electron chi connectivity index (χ0n) is 10.6. The normalized spacial score (nSPS) is 14.2. The maximum Gasteiger partial charge on any atom is 0.120 e. The first kappa shape index (κ1) is 11.1. The second kappa shape index (κ2) is 4.73. The van der Waals surface area contributed by atoms with Crippen molar-refractivity contribution in [3.8, 4) is 5.75 Å². The van der Waals surface area contributed by atoms with Gasteiger partial charge in [0.1, 0.15) is 5.75 Å². The number of hydrogen-bond donors (Lipinski definition) is 0. The van der Waals surface area contributed by atoms with Crippen LogP contribution < -0.4 is 9.64 Å². The number of aryl methyl sites for hydroxylation is 1. The highest BCUT2D eigenvalue weighted by molar-refractivity contribution is 5.68. The monoisotopic (exact) mass is 239 g/mol. The molecule has 2 heteroatoms. The number of para-hydroxylation sites is 1. The molecule has 18 heavy (non-hydrogen) atoms. The van der Waals surface area contributed by atoms with Gasteiger partial charge in [-0.15, -0.1) is 0 Å². The first-order valence-corrected chi connectivity index (χ1v) is 6.38. The Labute approximate surface area is 108 Å². The number of hydrogen-bond acceptors (Lipinski definition) is 2. The third kappa shape index (κ3) is 1.94. The number of nitrogens with zero attached hydrogens (tertiary/aromatic N) is 1. The molecular formula is C16H17NO. The van der Waals surface area contributed by atoms with Crippen molar-refractivity contribution in [2.75, 3.05) is 18.6 Å². The molecule has 0 saturated heterocycles. The summed E-state index contributed by atoms with van der Waals surface area (Å²) in [7, 11) is 1.71. The first-order valence-electron chi connectivity index (χ1n) is 6.38. The fraction of sp³-hybridized carbons (Fsp3) is 0.250. The molecule has 0 saturated carbocycles. The molecule has 1 aliphatic heterocycles. The molecule has 0 amide bonds. The number of anilines is 2. The summed E-state index contributed by atoms with van der Waals surface area (Å²) in [6.07, 6.45) is 2.38. The van der Waals surface area contributed by atoms with E-state index in [0.29, 0.717) is 0 Å². The lowest BCUT2D eigenvalue weighted by Gasteiger charge is -2.31. The van der Waals surface area contributed by atoms with Gasteiger partial charge in [-0.2, -0.15) is 0 Å². The van der Waals surface area contributed by atoms with Crippen molar-refractivity contribution in [3.63, 3.8) is 0 Å². The molecular weight excluding hydrogens is 222 g/mol. The summed E-state index contributed by atoms with van der Waals surface area (Å²) in [5.41, 5.74) is 3.98. The van der Waals surface area contributed by atoms with Gasteiger partial charge in [0.2, 0.25) is 0 Å². The van der Waals surface area contributed by atoms with Gasteiger partial charge in [0.05, 0.1) is 7.11 Å². The van der Waals surface area contributed by atoms with Crippen LogP contribution in [0.15, 0.2) is 48.5 Å². The molecule has 3 rings (SSSR count). The summed E-state index contributed by atoms with van der Waals surface area (Å²) in [5.74, 6) is 0.913. The Morgan fingerprint density at radius 1 is 1.06 bits per heavy atom. The second-order valence-corrected chi connectivity index (χ2v) is 4.59. The van der Waals surface area contributed by atoms with Crippen LogP contribution in [0.5, 0.6) is 5.75 Å². The van der Waals surface area contributed by atoms with Gasteiger partial charge >= 0.3 is 0 Å². The Kier molecular flexibility index (Phi) is 2.93. The number of benzene rings is 2. The van der Waals surface area contributed by atoms with Crippen molar-refractivity contribution in [2.24, 2.45) is 0 Å². The third-order valence-corrected chi connectivity index (χ3v) is 3.48. The number of rotatable bonds is 2. The van der Waals surface area contributed by atoms with Gasteiger partial charge in [0.15, 0.2) is 0 Å². The quantitative estimate of drug-likeness (QED) is 0.790. The molecule has 2 aromatic carbocycles. The fourth-order valence-corrected chi connectivity index (χ4v) is 2.58. The second-order valence-electron chi connectivity index (χ2n) is 4.59. The maximum absolute atomic E-state index is 5.31. The average Bonchev–Trinajstić information content (AvgIpc) is 2.47. The summed E-state index contributed by atoms with van der Waals surface area (Å²) in [6, 6.07) is 16.9. The van der Waals surface area contributed by atoms with E-state index >= 15 is 0 Å². The highest BCUT2D eigenvalue weighted by atomic mass is 16.5. The summed E-state index contributed by atoms with van der Waals surface area (Å²) >= 11 is 0. The third-order valence-electron chi connectivity index (χ3n) is 3.48. The Bertz CT molecular complexity index is 550. The maximum atomic E-state index is 5.31. The van der Waals surface area contributed by atoms with Crippen LogP contribution in [0, 0.1) is 0 Å². The average molecular weight is 239 g/mol. The van der Waals surface area contributed by atoms with E-state index in [0.717, 1.165) is 12.3 Å². The van der Waals surface area contributed by atoms with Crippen LogP contribution in [0.1, 0.15) is 12.0 Å². The first-order chi connectivity index (χ1) is 8.88. The topological polar surface area (TPSA) is 12.5 Å². The molecule has 0 radical (unpaired) electrons. The van der Waals surface area contributed by atoms with Crippen LogP contribution in [0.4, 0.5) is 11.4 Å². The van der Waals surface area contributed by atoms with Crippen LogP contribution in [-0.2, 0) is 6.42 Å². The molecule has 0 unspecified atom stereocenters. The molecule has 0 atom stereocenters. The lowest BCUT2D eigenvalue weighted by molar-refractivity contribution is 0.415. The molecule has 0 aromatic heterocycles. The van der Waals surface area contributed by atoms with E-state index in [1.165, 1.54) is 29.8 Å². The smallest absolute Gasteiger partial charge is 0.120 e. The summed E-state index contributed by atoms with van der Waals surface area (Å²) < 4.78 is 5.31. The van der Waals surface area contributed by atoms with E-state index in [1.54, 1.807) is 7.11 Å². The standard InChI is InChI=1S/C16H17NO/c1-18-15-9-4-8-14(12-15)17-11-5-7-13-6-2-3-10-16(13)17/h2-4,6,8-10,12H,5,7,11H2,1H3. The van der Waals surface area contributed by atoms with E-state index in [4.69, 9.17) is 4.74 Å². The van der Waals surface area contributed by atoms with Gasteiger partial charge in [0.25, 0.3) is 0 Å². The minimum atomic E-state index is 0.913. The molecule has 92 valence electrons. The van der Waals surface area contributed by atoms with Gasteiger partial charge in [-0.1, -0.05) is 24.3 Å². The largest absolute Gasteiger partial charge is 0.497 e. The van der Waals surface area contributed by atoms with Crippen LogP contribution in [0.25, 0.3) is 0 Å². The predicted octanol–water partition coefficient (Wildman–Crippen LogP) is 3.78. The van der Waals surface area contributed by atoms with Crippen molar-refractivity contribution in [2.45, 2.75) is 12.8 Å². The van der Waals surface area contributed by atoms with Crippen LogP contribution in [0.3, 0.4) is 0 Å². The van der Waals surface area contributed by atoms with E-state index in [-0.39, 0.29) is 0 Å². The lowest BCUT2D eigenvalue weighted by atomic mass is 10.0. The molecule has 2 nitrogen and oxygen atoms in total. The van der Waals surface area contributed by atoms with Gasteiger partial charge in [-0.3, -0.25) is 0 Å². The van der Waals surface area contributed by atoms with E-state index in [2.05, 4.69) is 41.3 Å². The minimum Gasteiger partial charge on any atom is -0.497 e. The molecule has 0 aliphatic carbocycles. The van der Waals surface area contributed by atoms with Gasteiger partial charge in [-0.25, -0.2) is 0 Å². The predicted molar refractivity (Wildman–Crippen MR) is 74.8 cm³/mol. The molecule has 1 heterocycles. The van der Waals surface area contributed by atoms with Crippen LogP contribution in [-0.4, -0.2) is 13.7 Å². The minimum absolute atomic E-state index is 0.913. The summed E-state index contributed by atoms with van der Waals surface area (Å²) in [5, 5.41) is 0. The molecule has 2 aromatic rings. The number of ether oxygens (including phenoxy) is 1. The Balaban J connectivity index is 2.02. The number of methoxy groups -OCH3 is 1. The highest BCUT2D eigenvalue weighted by Crippen LogP contribution is 2.34. The number of fused-ring (bicyclic) bond motifs is 1. The Morgan fingerprint density at radius 3 is 2.83 bits per heavy atom. The molecule has 0 spiro atoms. The molecule has 0 N–H and O–H groups in total.